The van der Waals surface area contributed by atoms with Gasteiger partial charge in [0.05, 0.1) is 12.8 Å². The highest BCUT2D eigenvalue weighted by molar-refractivity contribution is 7.13. The molecular formula is C21H20N4O3S. The summed E-state index contributed by atoms with van der Waals surface area (Å²) < 4.78 is 5.18. The zero-order valence-corrected chi connectivity index (χ0v) is 16.7. The third-order valence-corrected chi connectivity index (χ3v) is 5.90. The van der Waals surface area contributed by atoms with Crippen LogP contribution in [0.4, 0.5) is 5.69 Å². The fourth-order valence-corrected chi connectivity index (χ4v) is 4.22. The first kappa shape index (κ1) is 19.1. The SMILES string of the molecule is COc1cccc(NC(=O)c2nc3c(s2)CCN(C(=O)c2ccncc2)CC3)c1. The maximum atomic E-state index is 12.7. The number of nitrogens with zero attached hydrogens (tertiary/aromatic N) is 3. The van der Waals surface area contributed by atoms with Crippen LogP contribution in [-0.4, -0.2) is 46.9 Å². The van der Waals surface area contributed by atoms with Crippen molar-refractivity contribution in [2.24, 2.45) is 0 Å². The molecule has 0 radical (unpaired) electrons. The molecule has 7 nitrogen and oxygen atoms in total. The van der Waals surface area contributed by atoms with Gasteiger partial charge in [-0.2, -0.15) is 0 Å². The van der Waals surface area contributed by atoms with Crippen molar-refractivity contribution in [2.45, 2.75) is 12.8 Å². The van der Waals surface area contributed by atoms with Crippen LogP contribution in [0.5, 0.6) is 5.75 Å². The number of anilines is 1. The van der Waals surface area contributed by atoms with Crippen molar-refractivity contribution >= 4 is 28.8 Å². The first-order valence-electron chi connectivity index (χ1n) is 9.27. The van der Waals surface area contributed by atoms with E-state index in [1.54, 1.807) is 37.7 Å². The molecule has 0 unspecified atom stereocenters. The van der Waals surface area contributed by atoms with Crippen LogP contribution in [0.3, 0.4) is 0 Å². The molecule has 29 heavy (non-hydrogen) atoms. The van der Waals surface area contributed by atoms with Gasteiger partial charge in [0.25, 0.3) is 11.8 Å². The minimum atomic E-state index is -0.235. The molecule has 0 spiro atoms. The first-order valence-corrected chi connectivity index (χ1v) is 10.1. The Bertz CT molecular complexity index is 1010. The normalized spacial score (nSPS) is 13.3. The Morgan fingerprint density at radius 2 is 1.93 bits per heavy atom. The zero-order chi connectivity index (χ0) is 20.2. The van der Waals surface area contributed by atoms with Gasteiger partial charge < -0.3 is 15.0 Å². The van der Waals surface area contributed by atoms with Crippen LogP contribution in [0, 0.1) is 0 Å². The van der Waals surface area contributed by atoms with Gasteiger partial charge in [0, 0.05) is 60.5 Å². The fourth-order valence-electron chi connectivity index (χ4n) is 3.23. The van der Waals surface area contributed by atoms with E-state index in [2.05, 4.69) is 15.3 Å². The Labute approximate surface area is 172 Å². The fraction of sp³-hybridized carbons (Fsp3) is 0.238. The molecule has 8 heteroatoms. The second-order valence-corrected chi connectivity index (χ2v) is 7.69. The van der Waals surface area contributed by atoms with Crippen LogP contribution in [-0.2, 0) is 12.8 Å². The van der Waals surface area contributed by atoms with Crippen LogP contribution in [0.15, 0.2) is 48.8 Å². The van der Waals surface area contributed by atoms with Gasteiger partial charge in [0.15, 0.2) is 5.01 Å². The summed E-state index contributed by atoms with van der Waals surface area (Å²) in [6.45, 7) is 1.18. The Morgan fingerprint density at radius 1 is 1.14 bits per heavy atom. The van der Waals surface area contributed by atoms with Crippen LogP contribution in [0.2, 0.25) is 0 Å². The lowest BCUT2D eigenvalue weighted by Crippen LogP contribution is -2.33. The first-order chi connectivity index (χ1) is 14.1. The molecule has 148 valence electrons. The third-order valence-electron chi connectivity index (χ3n) is 4.74. The number of carbonyl (C=O) groups excluding carboxylic acids is 2. The van der Waals surface area contributed by atoms with Crippen molar-refractivity contribution in [1.82, 2.24) is 14.9 Å². The second-order valence-electron chi connectivity index (χ2n) is 6.60. The van der Waals surface area contributed by atoms with Gasteiger partial charge in [-0.15, -0.1) is 11.3 Å². The van der Waals surface area contributed by atoms with E-state index in [0.29, 0.717) is 47.9 Å². The van der Waals surface area contributed by atoms with Gasteiger partial charge in [0.2, 0.25) is 0 Å². The van der Waals surface area contributed by atoms with E-state index in [1.807, 2.05) is 23.1 Å². The lowest BCUT2D eigenvalue weighted by molar-refractivity contribution is 0.0762. The molecule has 3 aromatic rings. The van der Waals surface area contributed by atoms with Crippen molar-refractivity contribution in [3.05, 3.63) is 69.9 Å². The number of amides is 2. The lowest BCUT2D eigenvalue weighted by Gasteiger charge is -2.20. The van der Waals surface area contributed by atoms with Gasteiger partial charge in [-0.1, -0.05) is 6.07 Å². The number of carbonyl (C=O) groups is 2. The predicted octanol–water partition coefficient (Wildman–Crippen LogP) is 3.04. The van der Waals surface area contributed by atoms with E-state index in [1.165, 1.54) is 11.3 Å². The highest BCUT2D eigenvalue weighted by Crippen LogP contribution is 2.25. The quantitative estimate of drug-likeness (QED) is 0.717. The van der Waals surface area contributed by atoms with Gasteiger partial charge in [0.1, 0.15) is 5.75 Å². The highest BCUT2D eigenvalue weighted by atomic mass is 32.1. The maximum Gasteiger partial charge on any atom is 0.284 e. The van der Waals surface area contributed by atoms with E-state index in [0.717, 1.165) is 10.6 Å². The van der Waals surface area contributed by atoms with E-state index < -0.39 is 0 Å². The number of methoxy groups -OCH3 is 1. The summed E-state index contributed by atoms with van der Waals surface area (Å²) in [7, 11) is 1.58. The third kappa shape index (κ3) is 4.27. The molecule has 1 aromatic carbocycles. The van der Waals surface area contributed by atoms with Crippen molar-refractivity contribution in [3.63, 3.8) is 0 Å². The van der Waals surface area contributed by atoms with Crippen molar-refractivity contribution in [3.8, 4) is 5.75 Å². The zero-order valence-electron chi connectivity index (χ0n) is 15.9. The van der Waals surface area contributed by atoms with Crippen LogP contribution in [0.1, 0.15) is 30.7 Å². The summed E-state index contributed by atoms with van der Waals surface area (Å²) in [5.74, 6) is 0.441. The van der Waals surface area contributed by atoms with Gasteiger partial charge in [-0.25, -0.2) is 4.98 Å². The summed E-state index contributed by atoms with van der Waals surface area (Å²) >= 11 is 1.39. The molecule has 1 N–H and O–H groups in total. The van der Waals surface area contributed by atoms with E-state index in [4.69, 9.17) is 4.74 Å². The summed E-state index contributed by atoms with van der Waals surface area (Å²) in [5, 5.41) is 3.30. The largest absolute Gasteiger partial charge is 0.497 e. The van der Waals surface area contributed by atoms with Crippen LogP contribution < -0.4 is 10.1 Å². The van der Waals surface area contributed by atoms with Gasteiger partial charge >= 0.3 is 0 Å². The molecule has 1 aliphatic rings. The number of hydrogen-bond acceptors (Lipinski definition) is 6. The molecule has 0 bridgehead atoms. The molecule has 0 saturated heterocycles. The Kier molecular flexibility index (Phi) is 5.53. The standard InChI is InChI=1S/C21H20N4O3S/c1-28-16-4-2-3-15(13-16)23-19(26)20-24-17-7-11-25(12-8-18(17)29-20)21(27)14-5-9-22-10-6-14/h2-6,9-10,13H,7-8,11-12H2,1H3,(H,23,26). The minimum Gasteiger partial charge on any atom is -0.497 e. The smallest absolute Gasteiger partial charge is 0.284 e. The average molecular weight is 408 g/mol. The van der Waals surface area contributed by atoms with E-state index in [9.17, 15) is 9.59 Å². The van der Waals surface area contributed by atoms with Gasteiger partial charge in [-0.3, -0.25) is 14.6 Å². The average Bonchev–Trinajstić information content (AvgIpc) is 3.07. The monoisotopic (exact) mass is 408 g/mol. The molecular weight excluding hydrogens is 388 g/mol. The lowest BCUT2D eigenvalue weighted by atomic mass is 10.2. The molecule has 3 heterocycles. The molecule has 2 aromatic heterocycles. The van der Waals surface area contributed by atoms with Crippen molar-refractivity contribution in [2.75, 3.05) is 25.5 Å². The summed E-state index contributed by atoms with van der Waals surface area (Å²) in [6, 6.07) is 10.7. The van der Waals surface area contributed by atoms with Crippen molar-refractivity contribution < 1.29 is 14.3 Å². The number of rotatable bonds is 4. The number of aromatic nitrogens is 2. The van der Waals surface area contributed by atoms with E-state index in [-0.39, 0.29) is 11.8 Å². The Morgan fingerprint density at radius 3 is 2.72 bits per heavy atom. The minimum absolute atomic E-state index is 0.00135. The Balaban J connectivity index is 1.43. The topological polar surface area (TPSA) is 84.4 Å². The van der Waals surface area contributed by atoms with Crippen LogP contribution >= 0.6 is 11.3 Å². The summed E-state index contributed by atoms with van der Waals surface area (Å²) in [4.78, 5) is 36.7. The molecule has 0 atom stereocenters. The molecule has 4 rings (SSSR count). The van der Waals surface area contributed by atoms with E-state index >= 15 is 0 Å². The summed E-state index contributed by atoms with van der Waals surface area (Å²) in [5.41, 5.74) is 2.20. The molecule has 1 aliphatic heterocycles. The molecule has 0 saturated carbocycles. The molecule has 0 aliphatic carbocycles. The molecule has 2 amide bonds. The highest BCUT2D eigenvalue weighted by Gasteiger charge is 2.24. The number of pyridine rings is 1. The number of thiazole rings is 1. The van der Waals surface area contributed by atoms with Crippen molar-refractivity contribution in [1.29, 1.82) is 0 Å². The molecule has 0 fully saturated rings. The number of fused-ring (bicyclic) bond motifs is 1. The number of hydrogen-bond donors (Lipinski definition) is 1. The Hall–Kier alpha value is -3.26. The van der Waals surface area contributed by atoms with Crippen LogP contribution in [0.25, 0.3) is 0 Å². The number of nitrogens with one attached hydrogen (secondary N) is 1. The predicted molar refractivity (Wildman–Crippen MR) is 111 cm³/mol. The maximum absolute atomic E-state index is 12.7. The van der Waals surface area contributed by atoms with Gasteiger partial charge in [-0.05, 0) is 24.3 Å². The summed E-state index contributed by atoms with van der Waals surface area (Å²) in [6.07, 6.45) is 4.57. The second kappa shape index (κ2) is 8.40. The number of benzene rings is 1. The number of ether oxygens (including phenoxy) is 1.